The van der Waals surface area contributed by atoms with Crippen LogP contribution < -0.4 is 5.56 Å². The zero-order valence-corrected chi connectivity index (χ0v) is 24.6. The lowest BCUT2D eigenvalue weighted by atomic mass is 9.97. The van der Waals surface area contributed by atoms with E-state index < -0.39 is 18.5 Å². The van der Waals surface area contributed by atoms with Gasteiger partial charge in [-0.1, -0.05) is 84.9 Å². The van der Waals surface area contributed by atoms with Crippen LogP contribution in [0.1, 0.15) is 34.1 Å². The Balaban J connectivity index is 0.000000712. The van der Waals surface area contributed by atoms with Crippen molar-refractivity contribution in [2.24, 2.45) is 12.1 Å². The quantitative estimate of drug-likeness (QED) is 0.215. The second kappa shape index (κ2) is 13.1. The molecule has 1 aliphatic heterocycles. The molecule has 0 radical (unpaired) electrons. The van der Waals surface area contributed by atoms with Gasteiger partial charge in [-0.3, -0.25) is 14.4 Å². The van der Waals surface area contributed by atoms with Crippen LogP contribution in [0.15, 0.2) is 107 Å². The molecule has 5 aromatic rings. The molecule has 1 unspecified atom stereocenters. The number of carbonyl (C=O) groups excluding carboxylic acids is 3. The number of aromatic nitrogens is 2. The van der Waals surface area contributed by atoms with Crippen LogP contribution in [-0.4, -0.2) is 64.4 Å². The van der Waals surface area contributed by atoms with Gasteiger partial charge in [-0.05, 0) is 34.0 Å². The minimum Gasteiger partial charge on any atom is -0.451 e. The lowest BCUT2D eigenvalue weighted by Gasteiger charge is -2.22. The molecular weight excluding hydrogens is 558 g/mol. The van der Waals surface area contributed by atoms with Gasteiger partial charge in [-0.15, -0.1) is 0 Å². The van der Waals surface area contributed by atoms with E-state index in [4.69, 9.17) is 9.84 Å². The first-order valence-corrected chi connectivity index (χ1v) is 14.0. The Hall–Kier alpha value is -5.64. The summed E-state index contributed by atoms with van der Waals surface area (Å²) in [6, 6.07) is 30.2. The van der Waals surface area contributed by atoms with Crippen molar-refractivity contribution < 1.29 is 19.1 Å². The minimum atomic E-state index is -0.788. The standard InChI is InChI=1S/C31H24N4O4.C3H7NO/c1-34-30(37)25-14-8-7-13-24(25)29(33-34)31(38)39-19-28(36)35-27(21-10-3-2-4-11-21)18-26(32-35)23-16-15-20-9-5-6-12-22(20)17-23;1-4(2)3-5/h2-17,27H,18-19H2,1H3;3H,1-2H3. The van der Waals surface area contributed by atoms with Gasteiger partial charge in [0.25, 0.3) is 11.5 Å². The summed E-state index contributed by atoms with van der Waals surface area (Å²) in [7, 11) is 4.84. The number of carbonyl (C=O) groups is 3. The molecule has 4 aromatic carbocycles. The number of benzene rings is 4. The first kappa shape index (κ1) is 29.8. The lowest BCUT2D eigenvalue weighted by molar-refractivity contribution is -0.136. The highest BCUT2D eigenvalue weighted by Crippen LogP contribution is 2.33. The third-order valence-corrected chi connectivity index (χ3v) is 7.12. The normalized spacial score (nSPS) is 14.0. The summed E-state index contributed by atoms with van der Waals surface area (Å²) in [6.45, 7) is -0.518. The van der Waals surface area contributed by atoms with Crippen molar-refractivity contribution in [2.45, 2.75) is 12.5 Å². The van der Waals surface area contributed by atoms with Crippen molar-refractivity contribution in [2.75, 3.05) is 20.7 Å². The fourth-order valence-corrected chi connectivity index (χ4v) is 4.93. The molecule has 10 nitrogen and oxygen atoms in total. The fourth-order valence-electron chi connectivity index (χ4n) is 4.93. The van der Waals surface area contributed by atoms with Crippen LogP contribution in [0.5, 0.6) is 0 Å². The smallest absolute Gasteiger partial charge is 0.359 e. The molecule has 0 bridgehead atoms. The summed E-state index contributed by atoms with van der Waals surface area (Å²) in [6.07, 6.45) is 1.27. The van der Waals surface area contributed by atoms with Crippen molar-refractivity contribution >= 4 is 45.5 Å². The molecule has 10 heteroatoms. The highest BCUT2D eigenvalue weighted by molar-refractivity contribution is 6.06. The van der Waals surface area contributed by atoms with Crippen molar-refractivity contribution in [1.82, 2.24) is 19.7 Å². The van der Waals surface area contributed by atoms with E-state index in [9.17, 15) is 19.2 Å². The first-order valence-electron chi connectivity index (χ1n) is 14.0. The Morgan fingerprint density at radius 3 is 2.25 bits per heavy atom. The predicted molar refractivity (Wildman–Crippen MR) is 168 cm³/mol. The number of hydrazone groups is 1. The molecule has 1 atom stereocenters. The van der Waals surface area contributed by atoms with Crippen LogP contribution in [0.4, 0.5) is 0 Å². The molecule has 222 valence electrons. The van der Waals surface area contributed by atoms with Crippen molar-refractivity contribution in [3.05, 3.63) is 124 Å². The van der Waals surface area contributed by atoms with Crippen LogP contribution in [0.25, 0.3) is 21.5 Å². The highest BCUT2D eigenvalue weighted by atomic mass is 16.5. The maximum atomic E-state index is 13.4. The van der Waals surface area contributed by atoms with Crippen molar-refractivity contribution in [3.63, 3.8) is 0 Å². The van der Waals surface area contributed by atoms with Crippen LogP contribution in [0.3, 0.4) is 0 Å². The molecule has 0 saturated heterocycles. The first-order chi connectivity index (χ1) is 21.3. The SMILES string of the molecule is CN(C)C=O.Cn1nc(C(=O)OCC(=O)N2N=C(c3ccc4ccccc4c3)CC2c2ccccc2)c2ccccc2c1=O. The third-order valence-electron chi connectivity index (χ3n) is 7.12. The number of aryl methyl sites for hydroxylation is 1. The van der Waals surface area contributed by atoms with Gasteiger partial charge in [-0.2, -0.15) is 10.2 Å². The zero-order chi connectivity index (χ0) is 31.2. The van der Waals surface area contributed by atoms with E-state index in [1.165, 1.54) is 17.0 Å². The average Bonchev–Trinajstić information content (AvgIpc) is 3.51. The Morgan fingerprint density at radius 2 is 1.55 bits per heavy atom. The van der Waals surface area contributed by atoms with E-state index in [-0.39, 0.29) is 17.3 Å². The molecule has 1 aliphatic rings. The number of esters is 1. The molecule has 0 N–H and O–H groups in total. The predicted octanol–water partition coefficient (Wildman–Crippen LogP) is 4.33. The van der Waals surface area contributed by atoms with Gasteiger partial charge >= 0.3 is 5.97 Å². The second-order valence-corrected chi connectivity index (χ2v) is 10.4. The molecule has 2 amide bonds. The number of rotatable bonds is 6. The van der Waals surface area contributed by atoms with E-state index >= 15 is 0 Å². The van der Waals surface area contributed by atoms with Crippen LogP contribution in [0, 0.1) is 0 Å². The molecule has 6 rings (SSSR count). The molecule has 0 spiro atoms. The van der Waals surface area contributed by atoms with E-state index in [0.717, 1.165) is 38.7 Å². The Labute approximate surface area is 253 Å². The molecular formula is C34H31N5O5. The van der Waals surface area contributed by atoms with Crippen LogP contribution in [0.2, 0.25) is 0 Å². The molecule has 0 saturated carbocycles. The summed E-state index contributed by atoms with van der Waals surface area (Å²) in [5.41, 5.74) is 2.30. The average molecular weight is 590 g/mol. The summed E-state index contributed by atoms with van der Waals surface area (Å²) >= 11 is 0. The largest absolute Gasteiger partial charge is 0.451 e. The van der Waals surface area contributed by atoms with Gasteiger partial charge in [0.15, 0.2) is 12.3 Å². The van der Waals surface area contributed by atoms with Crippen molar-refractivity contribution in [3.8, 4) is 0 Å². The number of hydrogen-bond acceptors (Lipinski definition) is 7. The van der Waals surface area contributed by atoms with E-state index in [1.54, 1.807) is 38.4 Å². The highest BCUT2D eigenvalue weighted by Gasteiger charge is 2.34. The van der Waals surface area contributed by atoms with E-state index in [0.29, 0.717) is 17.2 Å². The lowest BCUT2D eigenvalue weighted by Crippen LogP contribution is -2.32. The molecule has 0 fully saturated rings. The number of amides is 2. The van der Waals surface area contributed by atoms with Gasteiger partial charge in [-0.25, -0.2) is 14.5 Å². The molecule has 0 aliphatic carbocycles. The van der Waals surface area contributed by atoms with Gasteiger partial charge in [0.05, 0.1) is 17.1 Å². The monoisotopic (exact) mass is 589 g/mol. The Kier molecular flexibility index (Phi) is 8.90. The van der Waals surface area contributed by atoms with E-state index in [1.807, 2.05) is 60.7 Å². The number of fused-ring (bicyclic) bond motifs is 2. The summed E-state index contributed by atoms with van der Waals surface area (Å²) in [5, 5.41) is 13.1. The van der Waals surface area contributed by atoms with Gasteiger partial charge in [0.2, 0.25) is 6.41 Å². The third kappa shape index (κ3) is 6.39. The molecule has 44 heavy (non-hydrogen) atoms. The Morgan fingerprint density at radius 1 is 0.909 bits per heavy atom. The van der Waals surface area contributed by atoms with Crippen LogP contribution >= 0.6 is 0 Å². The fraction of sp³-hybridized carbons (Fsp3) is 0.176. The van der Waals surface area contributed by atoms with Gasteiger partial charge in [0, 0.05) is 33.0 Å². The minimum absolute atomic E-state index is 0.0260. The topological polar surface area (TPSA) is 114 Å². The second-order valence-electron chi connectivity index (χ2n) is 10.4. The number of nitrogens with zero attached hydrogens (tertiary/aromatic N) is 5. The number of hydrogen-bond donors (Lipinski definition) is 0. The van der Waals surface area contributed by atoms with Gasteiger partial charge < -0.3 is 9.64 Å². The van der Waals surface area contributed by atoms with Crippen molar-refractivity contribution in [1.29, 1.82) is 0 Å². The summed E-state index contributed by atoms with van der Waals surface area (Å²) in [4.78, 5) is 49.7. The maximum absolute atomic E-state index is 13.4. The summed E-state index contributed by atoms with van der Waals surface area (Å²) < 4.78 is 6.50. The Bertz CT molecular complexity index is 1930. The van der Waals surface area contributed by atoms with Gasteiger partial charge in [0.1, 0.15) is 0 Å². The van der Waals surface area contributed by atoms with Crippen LogP contribution in [-0.2, 0) is 21.4 Å². The zero-order valence-electron chi connectivity index (χ0n) is 24.6. The molecule has 1 aromatic heterocycles. The maximum Gasteiger partial charge on any atom is 0.359 e. The summed E-state index contributed by atoms with van der Waals surface area (Å²) in [5.74, 6) is -1.24. The van der Waals surface area contributed by atoms with E-state index in [2.05, 4.69) is 17.2 Å². The number of ether oxygens (including phenoxy) is 1. The molecule has 2 heterocycles.